The Bertz CT molecular complexity index is 912. The van der Waals surface area contributed by atoms with Crippen molar-refractivity contribution in [3.8, 4) is 0 Å². The third-order valence-electron chi connectivity index (χ3n) is 2.64. The molecule has 0 aliphatic carbocycles. The first-order chi connectivity index (χ1) is 11.1. The van der Waals surface area contributed by atoms with Gasteiger partial charge >= 0.3 is 7.82 Å². The monoisotopic (exact) mass is 393 g/mol. The first-order valence-electron chi connectivity index (χ1n) is 6.11. The highest BCUT2D eigenvalue weighted by Gasteiger charge is 2.20. The van der Waals surface area contributed by atoms with E-state index in [4.69, 9.17) is 15.5 Å². The molecule has 0 spiro atoms. The van der Waals surface area contributed by atoms with Crippen molar-refractivity contribution in [1.82, 2.24) is 19.9 Å². The van der Waals surface area contributed by atoms with Crippen LogP contribution in [0.3, 0.4) is 0 Å². The molecule has 0 amide bonds. The van der Waals surface area contributed by atoms with Crippen molar-refractivity contribution in [3.63, 3.8) is 0 Å². The number of rotatable bonds is 5. The Kier molecular flexibility index (Phi) is 5.65. The summed E-state index contributed by atoms with van der Waals surface area (Å²) in [4.78, 5) is 43.0. The summed E-state index contributed by atoms with van der Waals surface area (Å²) in [6.07, 6.45) is -0.252. The number of nitrogen functional groups attached to an aromatic ring is 1. The quantitative estimate of drug-likeness (QED) is 0.253. The third kappa shape index (κ3) is 4.54. The number of fused-ring (bicyclic) bond motifs is 1. The Morgan fingerprint density at radius 3 is 2.71 bits per heavy atom. The number of anilines is 1. The van der Waals surface area contributed by atoms with Gasteiger partial charge in [-0.3, -0.25) is 14.3 Å². The van der Waals surface area contributed by atoms with E-state index in [0.717, 1.165) is 0 Å². The maximum Gasteiger partial charge on any atom is 0.469 e. The number of hydrogen-bond acceptors (Lipinski definition) is 10. The lowest BCUT2D eigenvalue weighted by Gasteiger charge is -2.14. The molecule has 0 aliphatic rings. The molecule has 0 saturated heterocycles. The van der Waals surface area contributed by atoms with Gasteiger partial charge in [-0.05, 0) is 0 Å². The zero-order valence-corrected chi connectivity index (χ0v) is 14.4. The predicted molar refractivity (Wildman–Crippen MR) is 91.3 cm³/mol. The molecule has 1 atom stereocenters. The summed E-state index contributed by atoms with van der Waals surface area (Å²) in [5, 5.41) is 9.82. The van der Waals surface area contributed by atoms with Crippen LogP contribution in [0.5, 0.6) is 0 Å². The molecule has 0 unspecified atom stereocenters. The number of H-pyrrole nitrogens is 1. The van der Waals surface area contributed by atoms with Crippen LogP contribution in [0.2, 0.25) is 0 Å². The van der Waals surface area contributed by atoms with Crippen LogP contribution in [-0.2, 0) is 9.09 Å². The molecule has 0 aromatic carbocycles. The van der Waals surface area contributed by atoms with E-state index in [1.807, 2.05) is 0 Å². The van der Waals surface area contributed by atoms with Gasteiger partial charge in [0.1, 0.15) is 6.10 Å². The van der Waals surface area contributed by atoms with Gasteiger partial charge in [-0.15, -0.1) is 25.3 Å². The Morgan fingerprint density at radius 1 is 1.42 bits per heavy atom. The third-order valence-corrected chi connectivity index (χ3v) is 4.29. The summed E-state index contributed by atoms with van der Waals surface area (Å²) in [6.45, 7) is -0.715. The molecular formula is C10H12N5O6PS2. The average Bonchev–Trinajstić information content (AvgIpc) is 2.50. The number of aliphatic hydroxyl groups excluding tert-OH is 1. The molecule has 0 aliphatic heterocycles. The van der Waals surface area contributed by atoms with Crippen LogP contribution in [0.1, 0.15) is 5.69 Å². The minimum absolute atomic E-state index is 0.0206. The van der Waals surface area contributed by atoms with E-state index >= 15 is 0 Å². The summed E-state index contributed by atoms with van der Waals surface area (Å²) in [5.41, 5.74) is 4.79. The Morgan fingerprint density at radius 2 is 2.08 bits per heavy atom. The molecule has 6 N–H and O–H groups in total. The number of nitrogens with two attached hydrogens (primary N) is 1. The van der Waals surface area contributed by atoms with Crippen molar-refractivity contribution < 1.29 is 24.0 Å². The Balaban J connectivity index is 2.37. The summed E-state index contributed by atoms with van der Waals surface area (Å²) < 4.78 is 14.8. The minimum atomic E-state index is -4.74. The molecule has 130 valence electrons. The Labute approximate surface area is 145 Å². The van der Waals surface area contributed by atoms with Gasteiger partial charge in [0.25, 0.3) is 5.56 Å². The molecule has 2 aromatic heterocycles. The van der Waals surface area contributed by atoms with Crippen molar-refractivity contribution in [2.24, 2.45) is 0 Å². The first kappa shape index (κ1) is 18.9. The molecular weight excluding hydrogens is 381 g/mol. The van der Waals surface area contributed by atoms with Crippen molar-refractivity contribution in [1.29, 1.82) is 0 Å². The SMILES string of the molecule is Nc1nc2ncc(/C(S)=C(/S)[C@@H](O)COP(=O)(O)O)nc2c(=O)[nH]1. The van der Waals surface area contributed by atoms with E-state index < -0.39 is 26.1 Å². The highest BCUT2D eigenvalue weighted by atomic mass is 32.1. The lowest BCUT2D eigenvalue weighted by molar-refractivity contribution is 0.112. The van der Waals surface area contributed by atoms with E-state index in [9.17, 15) is 14.5 Å². The topological polar surface area (TPSA) is 185 Å². The van der Waals surface area contributed by atoms with Gasteiger partial charge in [-0.25, -0.2) is 14.5 Å². The summed E-state index contributed by atoms with van der Waals surface area (Å²) in [5.74, 6) is -0.115. The lowest BCUT2D eigenvalue weighted by Crippen LogP contribution is -2.16. The number of aromatic amines is 1. The maximum absolute atomic E-state index is 11.8. The maximum atomic E-state index is 11.8. The van der Waals surface area contributed by atoms with Gasteiger partial charge in [0.15, 0.2) is 11.2 Å². The van der Waals surface area contributed by atoms with Crippen molar-refractivity contribution in [2.75, 3.05) is 12.3 Å². The van der Waals surface area contributed by atoms with Gasteiger partial charge in [0, 0.05) is 9.81 Å². The molecule has 2 rings (SSSR count). The second-order valence-electron chi connectivity index (χ2n) is 4.41. The van der Waals surface area contributed by atoms with Crippen LogP contribution in [0, 0.1) is 0 Å². The molecule has 2 aromatic rings. The largest absolute Gasteiger partial charge is 0.469 e. The lowest BCUT2D eigenvalue weighted by atomic mass is 10.3. The van der Waals surface area contributed by atoms with E-state index in [-0.39, 0.29) is 32.6 Å². The van der Waals surface area contributed by atoms with Gasteiger partial charge in [-0.1, -0.05) is 0 Å². The molecule has 14 heteroatoms. The predicted octanol–water partition coefficient (Wildman–Crippen LogP) is -0.706. The minimum Gasteiger partial charge on any atom is -0.385 e. The number of hydrogen-bond donors (Lipinski definition) is 7. The van der Waals surface area contributed by atoms with Crippen molar-refractivity contribution in [2.45, 2.75) is 6.10 Å². The van der Waals surface area contributed by atoms with Crippen LogP contribution in [-0.4, -0.2) is 47.5 Å². The number of nitrogens with zero attached hydrogens (tertiary/aromatic N) is 3. The fourth-order valence-corrected chi connectivity index (χ4v) is 2.37. The smallest absolute Gasteiger partial charge is 0.385 e. The fourth-order valence-electron chi connectivity index (χ4n) is 1.58. The van der Waals surface area contributed by atoms with E-state index in [0.29, 0.717) is 0 Å². The number of nitrogens with one attached hydrogen (secondary N) is 1. The summed E-state index contributed by atoms with van der Waals surface area (Å²) in [7, 11) is -4.74. The number of phosphoric acid groups is 1. The number of aromatic nitrogens is 4. The number of aliphatic hydroxyl groups is 1. The van der Waals surface area contributed by atoms with Crippen LogP contribution >= 0.6 is 33.1 Å². The summed E-state index contributed by atoms with van der Waals surface area (Å²) in [6, 6.07) is 0. The second kappa shape index (κ2) is 7.19. The van der Waals surface area contributed by atoms with Crippen LogP contribution in [0.4, 0.5) is 5.95 Å². The van der Waals surface area contributed by atoms with E-state index in [1.165, 1.54) is 6.20 Å². The van der Waals surface area contributed by atoms with E-state index in [2.05, 4.69) is 49.7 Å². The molecule has 24 heavy (non-hydrogen) atoms. The van der Waals surface area contributed by atoms with Gasteiger partial charge in [-0.2, -0.15) is 4.98 Å². The van der Waals surface area contributed by atoms with Crippen LogP contribution in [0.15, 0.2) is 15.9 Å². The number of thiol groups is 2. The standard InChI is InChI=1S/C10H12N5O6PS2/c11-10-14-8-5(9(17)15-10)13-3(1-12-8)6(23)7(24)4(16)2-21-22(18,19)20/h1,4,16,23-24H,2H2,(H2,18,19,20)(H3,11,12,14,15,17)/b7-6-/t4-/m0/s1. The molecule has 11 nitrogen and oxygen atoms in total. The fraction of sp³-hybridized carbons (Fsp3) is 0.200. The van der Waals surface area contributed by atoms with Crippen molar-refractivity contribution in [3.05, 3.63) is 27.1 Å². The highest BCUT2D eigenvalue weighted by Crippen LogP contribution is 2.37. The average molecular weight is 393 g/mol. The Hall–Kier alpha value is -1.47. The zero-order valence-electron chi connectivity index (χ0n) is 11.7. The van der Waals surface area contributed by atoms with Gasteiger partial charge in [0.05, 0.1) is 18.5 Å². The van der Waals surface area contributed by atoms with Gasteiger partial charge in [0.2, 0.25) is 5.95 Å². The molecule has 2 heterocycles. The van der Waals surface area contributed by atoms with Crippen LogP contribution in [0.25, 0.3) is 16.1 Å². The van der Waals surface area contributed by atoms with Crippen LogP contribution < -0.4 is 11.3 Å². The molecule has 0 fully saturated rings. The number of phosphoric ester groups is 1. The normalized spacial score (nSPS) is 14.5. The highest BCUT2D eigenvalue weighted by molar-refractivity contribution is 7.93. The molecule has 0 saturated carbocycles. The molecule has 0 bridgehead atoms. The second-order valence-corrected chi connectivity index (χ2v) is 6.58. The van der Waals surface area contributed by atoms with Gasteiger partial charge < -0.3 is 20.6 Å². The van der Waals surface area contributed by atoms with Crippen molar-refractivity contribution >= 4 is 55.1 Å². The van der Waals surface area contributed by atoms with E-state index in [1.54, 1.807) is 0 Å². The summed E-state index contributed by atoms with van der Waals surface area (Å²) >= 11 is 8.16. The zero-order chi connectivity index (χ0) is 18.1. The first-order valence-corrected chi connectivity index (χ1v) is 8.54. The molecule has 0 radical (unpaired) electrons.